The molecule has 3 atom stereocenters. The summed E-state index contributed by atoms with van der Waals surface area (Å²) < 4.78 is 11.7. The number of benzene rings is 3. The van der Waals surface area contributed by atoms with Crippen molar-refractivity contribution in [1.29, 1.82) is 0 Å². The van der Waals surface area contributed by atoms with Crippen LogP contribution in [0.25, 0.3) is 0 Å². The second-order valence-electron chi connectivity index (χ2n) is 8.78. The van der Waals surface area contributed by atoms with Crippen molar-refractivity contribution in [2.75, 3.05) is 12.0 Å². The highest BCUT2D eigenvalue weighted by molar-refractivity contribution is 8.00. The van der Waals surface area contributed by atoms with E-state index >= 15 is 0 Å². The monoisotopic (exact) mass is 530 g/mol. The van der Waals surface area contributed by atoms with Gasteiger partial charge in [0.25, 0.3) is 0 Å². The molecule has 0 bridgehead atoms. The van der Waals surface area contributed by atoms with Gasteiger partial charge in [-0.15, -0.1) is 0 Å². The minimum atomic E-state index is -0.655. The van der Waals surface area contributed by atoms with Crippen molar-refractivity contribution in [1.82, 2.24) is 4.98 Å². The van der Waals surface area contributed by atoms with E-state index in [9.17, 15) is 14.4 Å². The summed E-state index contributed by atoms with van der Waals surface area (Å²) in [5.74, 6) is -0.592. The van der Waals surface area contributed by atoms with Gasteiger partial charge < -0.3 is 14.5 Å². The number of hydrogen-bond donors (Lipinski definition) is 1. The number of carbonyl (C=O) groups is 2. The molecule has 1 fully saturated rings. The number of hydrogen-bond acceptors (Lipinski definition) is 7. The molecular formula is C28H22N2O5S2. The minimum Gasteiger partial charge on any atom is -0.493 e. The summed E-state index contributed by atoms with van der Waals surface area (Å²) in [4.78, 5) is 44.3. The number of aromatic nitrogens is 1. The predicted octanol–water partition coefficient (Wildman–Crippen LogP) is 4.82. The third kappa shape index (κ3) is 4.14. The number of ether oxygens (including phenoxy) is 2. The van der Waals surface area contributed by atoms with E-state index in [4.69, 9.17) is 9.47 Å². The van der Waals surface area contributed by atoms with E-state index in [0.717, 1.165) is 27.3 Å². The zero-order valence-corrected chi connectivity index (χ0v) is 21.4. The molecule has 3 heterocycles. The number of thioether (sulfide) groups is 1. The molecule has 186 valence electrons. The van der Waals surface area contributed by atoms with Crippen molar-refractivity contribution < 1.29 is 19.1 Å². The van der Waals surface area contributed by atoms with Gasteiger partial charge in [-0.3, -0.25) is 14.4 Å². The zero-order chi connectivity index (χ0) is 25.5. The standard InChI is InChI=1S/C28H22N2O5S2/c1-34-20-14-17(12-13-19(20)35-15-16-8-4-2-5-9-16)21-22-24(36-25-23(21)37-28(33)29-25)27(32)30(26(22)31)18-10-6-3-7-11-18/h2-14,21-22,24H,15H2,1H3,(H,29,33)/t21-,22?,24?/m1/s1. The van der Waals surface area contributed by atoms with E-state index in [1.807, 2.05) is 54.6 Å². The summed E-state index contributed by atoms with van der Waals surface area (Å²) in [6.45, 7) is 0.379. The number of para-hydroxylation sites is 1. The van der Waals surface area contributed by atoms with Crippen molar-refractivity contribution in [3.05, 3.63) is 105 Å². The van der Waals surface area contributed by atoms with Crippen LogP contribution in [0.5, 0.6) is 11.5 Å². The van der Waals surface area contributed by atoms with Gasteiger partial charge in [0.2, 0.25) is 11.8 Å². The van der Waals surface area contributed by atoms with E-state index in [1.54, 1.807) is 31.4 Å². The fourth-order valence-electron chi connectivity index (χ4n) is 4.94. The lowest BCUT2D eigenvalue weighted by molar-refractivity contribution is -0.122. The molecule has 0 spiro atoms. The number of methoxy groups -OCH3 is 1. The summed E-state index contributed by atoms with van der Waals surface area (Å²) in [6, 6.07) is 24.3. The Morgan fingerprint density at radius 2 is 1.62 bits per heavy atom. The lowest BCUT2D eigenvalue weighted by Crippen LogP contribution is -2.32. The minimum absolute atomic E-state index is 0.211. The Morgan fingerprint density at radius 3 is 2.35 bits per heavy atom. The van der Waals surface area contributed by atoms with E-state index in [1.165, 1.54) is 16.7 Å². The molecule has 0 aliphatic carbocycles. The van der Waals surface area contributed by atoms with Crippen LogP contribution in [0.4, 0.5) is 5.69 Å². The van der Waals surface area contributed by atoms with Gasteiger partial charge >= 0.3 is 4.87 Å². The molecule has 9 heteroatoms. The van der Waals surface area contributed by atoms with Gasteiger partial charge in [-0.2, -0.15) is 0 Å². The molecule has 37 heavy (non-hydrogen) atoms. The van der Waals surface area contributed by atoms with Gasteiger partial charge in [0.1, 0.15) is 11.9 Å². The maximum atomic E-state index is 13.8. The second kappa shape index (κ2) is 9.57. The van der Waals surface area contributed by atoms with Crippen molar-refractivity contribution in [2.45, 2.75) is 22.8 Å². The summed E-state index contributed by atoms with van der Waals surface area (Å²) in [6.07, 6.45) is 0. The summed E-state index contributed by atoms with van der Waals surface area (Å²) in [7, 11) is 1.56. The first-order chi connectivity index (χ1) is 18.0. The average molecular weight is 531 g/mol. The number of thiazole rings is 1. The molecule has 1 N–H and O–H groups in total. The first-order valence-corrected chi connectivity index (χ1v) is 13.4. The molecule has 7 nitrogen and oxygen atoms in total. The number of imide groups is 1. The number of amides is 2. The molecular weight excluding hydrogens is 508 g/mol. The molecule has 2 amide bonds. The summed E-state index contributed by atoms with van der Waals surface area (Å²) >= 11 is 2.34. The van der Waals surface area contributed by atoms with Crippen LogP contribution in [0.2, 0.25) is 0 Å². The fourth-order valence-corrected chi connectivity index (χ4v) is 7.46. The van der Waals surface area contributed by atoms with E-state index in [0.29, 0.717) is 28.8 Å². The Morgan fingerprint density at radius 1 is 0.892 bits per heavy atom. The highest BCUT2D eigenvalue weighted by Gasteiger charge is 2.56. The molecule has 1 saturated heterocycles. The van der Waals surface area contributed by atoms with Gasteiger partial charge in [-0.1, -0.05) is 77.7 Å². The Hall–Kier alpha value is -3.82. The Labute approximate surface area is 221 Å². The molecule has 6 rings (SSSR count). The number of rotatable bonds is 6. The number of fused-ring (bicyclic) bond motifs is 2. The first-order valence-electron chi connectivity index (χ1n) is 11.7. The van der Waals surface area contributed by atoms with Crippen LogP contribution in [-0.4, -0.2) is 29.2 Å². The lowest BCUT2D eigenvalue weighted by Gasteiger charge is -2.30. The molecule has 2 aliphatic heterocycles. The van der Waals surface area contributed by atoms with Crippen LogP contribution in [0.1, 0.15) is 21.9 Å². The van der Waals surface area contributed by atoms with Crippen molar-refractivity contribution in [2.24, 2.45) is 5.92 Å². The lowest BCUT2D eigenvalue weighted by atomic mass is 9.83. The first kappa shape index (κ1) is 23.6. The Balaban J connectivity index is 1.39. The number of anilines is 1. The van der Waals surface area contributed by atoms with Gasteiger partial charge in [0.05, 0.1) is 23.7 Å². The maximum absolute atomic E-state index is 13.8. The number of H-pyrrole nitrogens is 1. The normalized spacial score (nSPS) is 20.5. The smallest absolute Gasteiger partial charge is 0.305 e. The number of carbonyl (C=O) groups excluding carboxylic acids is 2. The van der Waals surface area contributed by atoms with Crippen LogP contribution in [0, 0.1) is 5.92 Å². The average Bonchev–Trinajstić information content (AvgIpc) is 3.42. The fraction of sp³-hybridized carbons (Fsp3) is 0.179. The van der Waals surface area contributed by atoms with E-state index in [-0.39, 0.29) is 16.7 Å². The molecule has 4 aromatic rings. The predicted molar refractivity (Wildman–Crippen MR) is 143 cm³/mol. The van der Waals surface area contributed by atoms with E-state index < -0.39 is 17.1 Å². The Bertz CT molecular complexity index is 1530. The van der Waals surface area contributed by atoms with Crippen LogP contribution >= 0.6 is 23.1 Å². The van der Waals surface area contributed by atoms with Gasteiger partial charge in [-0.05, 0) is 35.4 Å². The quantitative estimate of drug-likeness (QED) is 0.360. The third-order valence-corrected chi connectivity index (χ3v) is 9.02. The van der Waals surface area contributed by atoms with Crippen LogP contribution < -0.4 is 19.2 Å². The third-order valence-electron chi connectivity index (χ3n) is 6.62. The van der Waals surface area contributed by atoms with E-state index in [2.05, 4.69) is 4.98 Å². The highest BCUT2D eigenvalue weighted by Crippen LogP contribution is 2.53. The Kier molecular flexibility index (Phi) is 6.10. The number of aromatic amines is 1. The van der Waals surface area contributed by atoms with Crippen LogP contribution in [0.3, 0.4) is 0 Å². The van der Waals surface area contributed by atoms with Crippen LogP contribution in [-0.2, 0) is 16.2 Å². The van der Waals surface area contributed by atoms with Crippen LogP contribution in [0.15, 0.2) is 88.7 Å². The molecule has 0 saturated carbocycles. The number of nitrogens with zero attached hydrogens (tertiary/aromatic N) is 1. The molecule has 1 aromatic heterocycles. The molecule has 2 aliphatic rings. The molecule has 0 radical (unpaired) electrons. The van der Waals surface area contributed by atoms with Crippen molar-refractivity contribution >= 4 is 40.6 Å². The molecule has 3 aromatic carbocycles. The highest BCUT2D eigenvalue weighted by atomic mass is 32.2. The second-order valence-corrected chi connectivity index (χ2v) is 10.9. The zero-order valence-electron chi connectivity index (χ0n) is 19.7. The van der Waals surface area contributed by atoms with Gasteiger partial charge in [0.15, 0.2) is 11.5 Å². The van der Waals surface area contributed by atoms with Gasteiger partial charge in [0, 0.05) is 10.8 Å². The maximum Gasteiger partial charge on any atom is 0.305 e. The topological polar surface area (TPSA) is 88.7 Å². The summed E-state index contributed by atoms with van der Waals surface area (Å²) in [5.41, 5.74) is 2.36. The van der Waals surface area contributed by atoms with Gasteiger partial charge in [-0.25, -0.2) is 4.90 Å². The van der Waals surface area contributed by atoms with Crippen molar-refractivity contribution in [3.63, 3.8) is 0 Å². The summed E-state index contributed by atoms with van der Waals surface area (Å²) in [5, 5.41) is -0.00357. The number of nitrogens with one attached hydrogen (secondary N) is 1. The largest absolute Gasteiger partial charge is 0.493 e. The molecule has 2 unspecified atom stereocenters. The van der Waals surface area contributed by atoms with Crippen molar-refractivity contribution in [3.8, 4) is 11.5 Å². The SMILES string of the molecule is COc1cc([C@H]2c3sc(=O)[nH]c3SC3C(=O)N(c4ccccc4)C(=O)C32)ccc1OCc1ccccc1.